The van der Waals surface area contributed by atoms with Crippen molar-refractivity contribution in [3.05, 3.63) is 12.2 Å². The zero-order valence-electron chi connectivity index (χ0n) is 17.2. The Kier molecular flexibility index (Phi) is 6.71. The van der Waals surface area contributed by atoms with E-state index in [2.05, 4.69) is 33.9 Å². The Morgan fingerprint density at radius 2 is 1.68 bits per heavy atom. The van der Waals surface area contributed by atoms with Gasteiger partial charge in [-0.3, -0.25) is 4.79 Å². The molecule has 1 fully saturated rings. The lowest BCUT2D eigenvalue weighted by molar-refractivity contribution is -0.148. The highest BCUT2D eigenvalue weighted by molar-refractivity contribution is 6.80. The molecule has 0 amide bonds. The Morgan fingerprint density at radius 3 is 2.12 bits per heavy atom. The maximum absolute atomic E-state index is 12.0. The van der Waals surface area contributed by atoms with E-state index >= 15 is 0 Å². The smallest absolute Gasteiger partial charge is 0.330 e. The Balaban J connectivity index is 2.89. The van der Waals surface area contributed by atoms with Crippen LogP contribution in [-0.4, -0.2) is 30.7 Å². The minimum absolute atomic E-state index is 0.141. The van der Waals surface area contributed by atoms with Crippen LogP contribution in [0.15, 0.2) is 12.2 Å². The molecular weight excluding hydrogens is 332 g/mol. The molecule has 3 atom stereocenters. The van der Waals surface area contributed by atoms with Crippen molar-refractivity contribution in [2.45, 2.75) is 84.2 Å². The Labute approximate surface area is 154 Å². The van der Waals surface area contributed by atoms with Gasteiger partial charge in [0.15, 0.2) is 0 Å². The second kappa shape index (κ2) is 7.64. The number of aliphatic carboxylic acids is 1. The standard InChI is InChI=1S/C20H36O4Si/c1-19(2,3)24-17(21)10-9-14-11-15(18(22)23)12-16(14)13-25(7,8)20(4,5)6/h9-10,14-16H,11-13H2,1-8H3,(H,22,23). The van der Waals surface area contributed by atoms with Crippen LogP contribution in [-0.2, 0) is 14.3 Å². The highest BCUT2D eigenvalue weighted by atomic mass is 28.3. The molecule has 0 spiro atoms. The van der Waals surface area contributed by atoms with Crippen molar-refractivity contribution in [1.29, 1.82) is 0 Å². The van der Waals surface area contributed by atoms with Crippen LogP contribution in [0.25, 0.3) is 0 Å². The molecule has 0 aromatic rings. The molecule has 0 aromatic carbocycles. The van der Waals surface area contributed by atoms with Gasteiger partial charge in [-0.1, -0.05) is 46.0 Å². The van der Waals surface area contributed by atoms with Crippen LogP contribution >= 0.6 is 0 Å². The molecule has 3 unspecified atom stereocenters. The van der Waals surface area contributed by atoms with E-state index in [4.69, 9.17) is 4.74 Å². The number of carboxylic acids is 1. The summed E-state index contributed by atoms with van der Waals surface area (Å²) in [6.45, 7) is 17.2. The molecule has 1 aliphatic carbocycles. The molecule has 25 heavy (non-hydrogen) atoms. The highest BCUT2D eigenvalue weighted by Crippen LogP contribution is 2.47. The number of allylic oxidation sites excluding steroid dienone is 1. The molecule has 0 aliphatic heterocycles. The number of carbonyl (C=O) groups excluding carboxylic acids is 1. The second-order valence-electron chi connectivity index (χ2n) is 10.2. The third kappa shape index (κ3) is 6.61. The summed E-state index contributed by atoms with van der Waals surface area (Å²) < 4.78 is 5.33. The van der Waals surface area contributed by atoms with Crippen LogP contribution < -0.4 is 0 Å². The predicted octanol–water partition coefficient (Wildman–Crippen LogP) is 5.12. The van der Waals surface area contributed by atoms with Gasteiger partial charge in [-0.05, 0) is 50.5 Å². The van der Waals surface area contributed by atoms with Crippen LogP contribution in [0.4, 0.5) is 0 Å². The fourth-order valence-corrected chi connectivity index (χ4v) is 5.72. The monoisotopic (exact) mass is 368 g/mol. The quantitative estimate of drug-likeness (QED) is 0.415. The van der Waals surface area contributed by atoms with E-state index in [-0.39, 0.29) is 22.8 Å². The van der Waals surface area contributed by atoms with Crippen LogP contribution in [0.5, 0.6) is 0 Å². The van der Waals surface area contributed by atoms with Crippen molar-refractivity contribution in [2.75, 3.05) is 0 Å². The first-order chi connectivity index (χ1) is 11.1. The molecule has 4 nitrogen and oxygen atoms in total. The van der Waals surface area contributed by atoms with Gasteiger partial charge in [-0.2, -0.15) is 0 Å². The minimum atomic E-state index is -1.51. The Hall–Kier alpha value is -1.10. The van der Waals surface area contributed by atoms with Crippen LogP contribution in [0.2, 0.25) is 24.2 Å². The number of carboxylic acid groups (broad SMARTS) is 1. The molecular formula is C20H36O4Si. The van der Waals surface area contributed by atoms with Crippen molar-refractivity contribution in [2.24, 2.45) is 17.8 Å². The summed E-state index contributed by atoms with van der Waals surface area (Å²) in [5, 5.41) is 9.70. The molecule has 0 heterocycles. The largest absolute Gasteiger partial charge is 0.481 e. The third-order valence-corrected chi connectivity index (χ3v) is 11.4. The van der Waals surface area contributed by atoms with Crippen molar-refractivity contribution in [3.8, 4) is 0 Å². The summed E-state index contributed by atoms with van der Waals surface area (Å²) in [5.41, 5.74) is -0.513. The molecule has 1 rings (SSSR count). The van der Waals surface area contributed by atoms with E-state index in [9.17, 15) is 14.7 Å². The van der Waals surface area contributed by atoms with E-state index in [1.807, 2.05) is 26.8 Å². The fourth-order valence-electron chi connectivity index (χ4n) is 3.33. The highest BCUT2D eigenvalue weighted by Gasteiger charge is 2.43. The van der Waals surface area contributed by atoms with Gasteiger partial charge in [0.05, 0.1) is 14.0 Å². The van der Waals surface area contributed by atoms with Crippen molar-refractivity contribution >= 4 is 20.0 Å². The van der Waals surface area contributed by atoms with Crippen LogP contribution in [0, 0.1) is 17.8 Å². The predicted molar refractivity (Wildman–Crippen MR) is 104 cm³/mol. The van der Waals surface area contributed by atoms with Crippen molar-refractivity contribution in [1.82, 2.24) is 0 Å². The summed E-state index contributed by atoms with van der Waals surface area (Å²) in [6, 6.07) is 1.09. The summed E-state index contributed by atoms with van der Waals surface area (Å²) in [5.74, 6) is -0.891. The second-order valence-corrected chi connectivity index (χ2v) is 15.8. The summed E-state index contributed by atoms with van der Waals surface area (Å²) >= 11 is 0. The first-order valence-electron chi connectivity index (χ1n) is 9.26. The van der Waals surface area contributed by atoms with Crippen LogP contribution in [0.3, 0.4) is 0 Å². The Bertz CT molecular complexity index is 523. The zero-order chi connectivity index (χ0) is 19.6. The van der Waals surface area contributed by atoms with Gasteiger partial charge in [0.25, 0.3) is 0 Å². The molecule has 1 aliphatic rings. The van der Waals surface area contributed by atoms with Gasteiger partial charge >= 0.3 is 11.9 Å². The lowest BCUT2D eigenvalue weighted by Gasteiger charge is -2.39. The van der Waals surface area contributed by atoms with E-state index in [1.54, 1.807) is 0 Å². The van der Waals surface area contributed by atoms with E-state index < -0.39 is 19.6 Å². The van der Waals surface area contributed by atoms with E-state index in [0.29, 0.717) is 18.8 Å². The van der Waals surface area contributed by atoms with Gasteiger partial charge in [0.2, 0.25) is 0 Å². The van der Waals surface area contributed by atoms with E-state index in [0.717, 1.165) is 6.04 Å². The topological polar surface area (TPSA) is 63.6 Å². The molecule has 1 saturated carbocycles. The number of rotatable bonds is 5. The Morgan fingerprint density at radius 1 is 1.12 bits per heavy atom. The summed E-state index contributed by atoms with van der Waals surface area (Å²) in [7, 11) is -1.51. The number of esters is 1. The molecule has 0 saturated heterocycles. The van der Waals surface area contributed by atoms with Crippen molar-refractivity contribution < 1.29 is 19.4 Å². The molecule has 0 bridgehead atoms. The SMILES string of the molecule is CC(C)(C)OC(=O)C=CC1CC(C(=O)O)CC1C[Si](C)(C)C(C)(C)C. The summed E-state index contributed by atoms with van der Waals surface area (Å²) in [4.78, 5) is 23.4. The molecule has 5 heteroatoms. The van der Waals surface area contributed by atoms with Crippen LogP contribution in [0.1, 0.15) is 54.4 Å². The van der Waals surface area contributed by atoms with Gasteiger partial charge in [0.1, 0.15) is 5.60 Å². The number of hydrogen-bond donors (Lipinski definition) is 1. The van der Waals surface area contributed by atoms with Gasteiger partial charge in [0, 0.05) is 6.08 Å². The number of carbonyl (C=O) groups is 2. The van der Waals surface area contributed by atoms with Crippen molar-refractivity contribution in [3.63, 3.8) is 0 Å². The zero-order valence-corrected chi connectivity index (χ0v) is 18.2. The maximum atomic E-state index is 12.0. The van der Waals surface area contributed by atoms with Gasteiger partial charge in [-0.15, -0.1) is 0 Å². The minimum Gasteiger partial charge on any atom is -0.481 e. The number of hydrogen-bond acceptors (Lipinski definition) is 3. The fraction of sp³-hybridized carbons (Fsp3) is 0.800. The molecule has 1 N–H and O–H groups in total. The first kappa shape index (κ1) is 21.9. The van der Waals surface area contributed by atoms with Gasteiger partial charge in [-0.25, -0.2) is 4.79 Å². The first-order valence-corrected chi connectivity index (χ1v) is 12.5. The van der Waals surface area contributed by atoms with Gasteiger partial charge < -0.3 is 9.84 Å². The molecule has 0 aromatic heterocycles. The average Bonchev–Trinajstić information content (AvgIpc) is 2.75. The average molecular weight is 369 g/mol. The lowest BCUT2D eigenvalue weighted by Crippen LogP contribution is -2.39. The molecule has 144 valence electrons. The number of ether oxygens (including phenoxy) is 1. The third-order valence-electron chi connectivity index (χ3n) is 5.79. The summed E-state index contributed by atoms with van der Waals surface area (Å²) in [6.07, 6.45) is 4.73. The molecule has 0 radical (unpaired) electrons. The maximum Gasteiger partial charge on any atom is 0.330 e. The normalized spacial score (nSPS) is 25.4. The van der Waals surface area contributed by atoms with E-state index in [1.165, 1.54) is 6.08 Å². The lowest BCUT2D eigenvalue weighted by atomic mass is 9.97.